The van der Waals surface area contributed by atoms with E-state index in [-0.39, 0.29) is 18.0 Å². The van der Waals surface area contributed by atoms with Crippen LogP contribution in [0, 0.1) is 6.92 Å². The van der Waals surface area contributed by atoms with E-state index in [0.29, 0.717) is 13.1 Å². The highest BCUT2D eigenvalue weighted by atomic mass is 16.3. The molecule has 1 atom stereocenters. The maximum absolute atomic E-state index is 12.6. The number of carbonyl (C=O) groups is 1. The van der Waals surface area contributed by atoms with Gasteiger partial charge < -0.3 is 14.6 Å². The number of piperidine rings is 1. The lowest BCUT2D eigenvalue weighted by Crippen LogP contribution is -2.47. The molecule has 6 nitrogen and oxygen atoms in total. The van der Waals surface area contributed by atoms with Crippen LogP contribution in [0.25, 0.3) is 11.1 Å². The highest BCUT2D eigenvalue weighted by Crippen LogP contribution is 2.29. The molecule has 6 heteroatoms. The number of nitrogens with one attached hydrogen (secondary N) is 1. The van der Waals surface area contributed by atoms with Gasteiger partial charge in [-0.05, 0) is 50.5 Å². The first-order valence-electron chi connectivity index (χ1n) is 9.91. The predicted octanol–water partition coefficient (Wildman–Crippen LogP) is 4.05. The van der Waals surface area contributed by atoms with Gasteiger partial charge in [0.05, 0.1) is 0 Å². The van der Waals surface area contributed by atoms with Crippen LogP contribution in [0.5, 0.6) is 0 Å². The maximum atomic E-state index is 12.6. The van der Waals surface area contributed by atoms with Crippen molar-refractivity contribution in [2.75, 3.05) is 13.1 Å². The molecule has 2 amide bonds. The molecule has 1 fully saturated rings. The molecule has 4 rings (SSSR count). The molecule has 3 heterocycles. The summed E-state index contributed by atoms with van der Waals surface area (Å²) in [5, 5.41) is 3.11. The van der Waals surface area contributed by atoms with Crippen molar-refractivity contribution in [1.82, 2.24) is 20.2 Å². The quantitative estimate of drug-likeness (QED) is 0.743. The summed E-state index contributed by atoms with van der Waals surface area (Å²) in [7, 11) is 0. The number of fused-ring (bicyclic) bond motifs is 1. The number of pyridine rings is 1. The molecule has 2 aromatic heterocycles. The second kappa shape index (κ2) is 8.00. The van der Waals surface area contributed by atoms with Crippen molar-refractivity contribution in [3.05, 3.63) is 59.7 Å². The van der Waals surface area contributed by atoms with Crippen LogP contribution in [0.3, 0.4) is 0 Å². The van der Waals surface area contributed by atoms with E-state index in [1.165, 1.54) is 0 Å². The minimum absolute atomic E-state index is 0.00269. The first-order chi connectivity index (χ1) is 13.6. The first-order valence-corrected chi connectivity index (χ1v) is 9.91. The lowest BCUT2D eigenvalue weighted by Gasteiger charge is -2.31. The number of nitrogens with zero attached hydrogens (tertiary/aromatic N) is 3. The van der Waals surface area contributed by atoms with Gasteiger partial charge in [0.15, 0.2) is 11.5 Å². The molecular weight excluding hydrogens is 352 g/mol. The third kappa shape index (κ3) is 4.01. The molecule has 1 aliphatic heterocycles. The van der Waals surface area contributed by atoms with Gasteiger partial charge in [0.25, 0.3) is 0 Å². The summed E-state index contributed by atoms with van der Waals surface area (Å²) < 4.78 is 5.91. The molecule has 1 N–H and O–H groups in total. The number of rotatable bonds is 4. The maximum Gasteiger partial charge on any atom is 0.317 e. The molecule has 0 aliphatic carbocycles. The van der Waals surface area contributed by atoms with Crippen molar-refractivity contribution in [3.8, 4) is 0 Å². The van der Waals surface area contributed by atoms with Gasteiger partial charge >= 0.3 is 6.03 Å². The summed E-state index contributed by atoms with van der Waals surface area (Å²) in [5.74, 6) is 1.06. The lowest BCUT2D eigenvalue weighted by atomic mass is 9.97. The number of para-hydroxylation sites is 2. The van der Waals surface area contributed by atoms with Crippen molar-refractivity contribution >= 4 is 17.1 Å². The van der Waals surface area contributed by atoms with Crippen LogP contribution in [-0.2, 0) is 6.42 Å². The third-order valence-electron chi connectivity index (χ3n) is 5.43. The average Bonchev–Trinajstić information content (AvgIpc) is 3.14. The molecule has 0 radical (unpaired) electrons. The second-order valence-electron chi connectivity index (χ2n) is 7.60. The number of likely N-dealkylation sites (tertiary alicyclic amines) is 1. The van der Waals surface area contributed by atoms with E-state index in [0.717, 1.165) is 47.5 Å². The zero-order valence-corrected chi connectivity index (χ0v) is 16.4. The van der Waals surface area contributed by atoms with Crippen LogP contribution in [0.4, 0.5) is 4.79 Å². The molecule has 1 saturated heterocycles. The van der Waals surface area contributed by atoms with E-state index in [2.05, 4.69) is 15.3 Å². The number of aromatic nitrogens is 2. The van der Waals surface area contributed by atoms with E-state index in [4.69, 9.17) is 4.42 Å². The number of amides is 2. The molecule has 1 aromatic carbocycles. The summed E-state index contributed by atoms with van der Waals surface area (Å²) in [6.45, 7) is 5.50. The van der Waals surface area contributed by atoms with E-state index in [1.807, 2.05) is 55.1 Å². The van der Waals surface area contributed by atoms with Crippen LogP contribution < -0.4 is 5.32 Å². The van der Waals surface area contributed by atoms with Gasteiger partial charge in [-0.1, -0.05) is 18.2 Å². The molecule has 0 saturated carbocycles. The van der Waals surface area contributed by atoms with Crippen molar-refractivity contribution in [1.29, 1.82) is 0 Å². The Hall–Kier alpha value is -2.89. The summed E-state index contributed by atoms with van der Waals surface area (Å²) in [4.78, 5) is 23.5. The molecule has 28 heavy (non-hydrogen) atoms. The fourth-order valence-corrected chi connectivity index (χ4v) is 3.77. The molecule has 0 unspecified atom stereocenters. The monoisotopic (exact) mass is 378 g/mol. The van der Waals surface area contributed by atoms with E-state index in [1.54, 1.807) is 6.20 Å². The van der Waals surface area contributed by atoms with Gasteiger partial charge in [-0.2, -0.15) is 0 Å². The van der Waals surface area contributed by atoms with E-state index in [9.17, 15) is 4.79 Å². The molecule has 1 aliphatic rings. The van der Waals surface area contributed by atoms with Gasteiger partial charge in [0.1, 0.15) is 5.52 Å². The average molecular weight is 378 g/mol. The van der Waals surface area contributed by atoms with Crippen LogP contribution in [0.15, 0.2) is 47.0 Å². The van der Waals surface area contributed by atoms with Gasteiger partial charge in [0.2, 0.25) is 0 Å². The predicted molar refractivity (Wildman–Crippen MR) is 108 cm³/mol. The van der Waals surface area contributed by atoms with Crippen LogP contribution in [0.2, 0.25) is 0 Å². The zero-order valence-electron chi connectivity index (χ0n) is 16.4. The topological polar surface area (TPSA) is 71.3 Å². The number of hydrogen-bond donors (Lipinski definition) is 1. The highest BCUT2D eigenvalue weighted by molar-refractivity contribution is 5.74. The van der Waals surface area contributed by atoms with Crippen molar-refractivity contribution < 1.29 is 9.21 Å². The normalized spacial score (nSPS) is 16.3. The largest absolute Gasteiger partial charge is 0.440 e. The molecule has 3 aromatic rings. The summed E-state index contributed by atoms with van der Waals surface area (Å²) in [6.07, 6.45) is 4.27. The number of urea groups is 1. The Bertz CT molecular complexity index is 927. The van der Waals surface area contributed by atoms with Gasteiger partial charge in [0, 0.05) is 43.4 Å². The minimum Gasteiger partial charge on any atom is -0.440 e. The minimum atomic E-state index is -0.00269. The lowest BCUT2D eigenvalue weighted by molar-refractivity contribution is 0.174. The molecular formula is C22H26N4O2. The summed E-state index contributed by atoms with van der Waals surface area (Å²) in [5.41, 5.74) is 3.92. The van der Waals surface area contributed by atoms with E-state index >= 15 is 0 Å². The molecule has 146 valence electrons. The van der Waals surface area contributed by atoms with Gasteiger partial charge in [-0.15, -0.1) is 0 Å². The molecule has 0 spiro atoms. The Balaban J connectivity index is 1.30. The SMILES string of the molecule is Cc1cccnc1C[C@H](C)NC(=O)N1CCC(c2nc3ccccc3o2)CC1. The van der Waals surface area contributed by atoms with Gasteiger partial charge in [-0.3, -0.25) is 4.98 Å². The Labute approximate surface area is 165 Å². The van der Waals surface area contributed by atoms with Crippen LogP contribution in [-0.4, -0.2) is 40.0 Å². The standard InChI is InChI=1S/C22H26N4O2/c1-15-6-5-11-23-19(15)14-16(2)24-22(27)26-12-9-17(10-13-26)21-25-18-7-3-4-8-20(18)28-21/h3-8,11,16-17H,9-10,12-14H2,1-2H3,(H,24,27)/t16-/m0/s1. The van der Waals surface area contributed by atoms with Crippen LogP contribution >= 0.6 is 0 Å². The van der Waals surface area contributed by atoms with Crippen molar-refractivity contribution in [3.63, 3.8) is 0 Å². The number of benzene rings is 1. The Morgan fingerprint density at radius 3 is 2.79 bits per heavy atom. The third-order valence-corrected chi connectivity index (χ3v) is 5.43. The first kappa shape index (κ1) is 18.5. The fraction of sp³-hybridized carbons (Fsp3) is 0.409. The van der Waals surface area contributed by atoms with Gasteiger partial charge in [-0.25, -0.2) is 9.78 Å². The molecule has 0 bridgehead atoms. The fourth-order valence-electron chi connectivity index (χ4n) is 3.77. The number of hydrogen-bond acceptors (Lipinski definition) is 4. The Morgan fingerprint density at radius 1 is 1.25 bits per heavy atom. The second-order valence-corrected chi connectivity index (χ2v) is 7.60. The Morgan fingerprint density at radius 2 is 2.04 bits per heavy atom. The number of oxazole rings is 1. The van der Waals surface area contributed by atoms with Crippen LogP contribution in [0.1, 0.15) is 42.8 Å². The van der Waals surface area contributed by atoms with E-state index < -0.39 is 0 Å². The van der Waals surface area contributed by atoms with Crippen molar-refractivity contribution in [2.24, 2.45) is 0 Å². The Kier molecular flexibility index (Phi) is 5.28. The smallest absolute Gasteiger partial charge is 0.317 e. The highest BCUT2D eigenvalue weighted by Gasteiger charge is 2.27. The number of aryl methyl sites for hydroxylation is 1. The summed E-state index contributed by atoms with van der Waals surface area (Å²) >= 11 is 0. The zero-order chi connectivity index (χ0) is 19.5. The van der Waals surface area contributed by atoms with Crippen molar-refractivity contribution in [2.45, 2.75) is 45.1 Å². The number of carbonyl (C=O) groups excluding carboxylic acids is 1. The summed E-state index contributed by atoms with van der Waals surface area (Å²) in [6, 6.07) is 11.9.